The highest BCUT2D eigenvalue weighted by Crippen LogP contribution is 2.35. The highest BCUT2D eigenvalue weighted by molar-refractivity contribution is 5.23. The molecule has 0 unspecified atom stereocenters. The number of nitrogens with zero attached hydrogens (tertiary/aromatic N) is 4. The number of hydrogen-bond acceptors (Lipinski definition) is 5. The monoisotopic (exact) mass is 418 g/mol. The van der Waals surface area contributed by atoms with Crippen LogP contribution in [0, 0.1) is 12.8 Å². The Balaban J connectivity index is 1.30. The molecule has 0 aliphatic carbocycles. The van der Waals surface area contributed by atoms with Crippen LogP contribution in [-0.2, 0) is 26.2 Å². The van der Waals surface area contributed by atoms with Crippen molar-refractivity contribution in [3.63, 3.8) is 0 Å². The van der Waals surface area contributed by atoms with E-state index in [4.69, 9.17) is 4.42 Å². The number of benzene rings is 1. The van der Waals surface area contributed by atoms with Gasteiger partial charge in [-0.2, -0.15) is 0 Å². The molecule has 2 bridgehead atoms. The summed E-state index contributed by atoms with van der Waals surface area (Å²) in [5, 5.41) is 0. The highest BCUT2D eigenvalue weighted by atomic mass is 16.3. The van der Waals surface area contributed by atoms with E-state index in [9.17, 15) is 4.79 Å². The molecule has 2 aliphatic heterocycles. The molecule has 6 nitrogen and oxygen atoms in total. The third-order valence-electron chi connectivity index (χ3n) is 6.55. The van der Waals surface area contributed by atoms with Crippen molar-refractivity contribution in [3.05, 3.63) is 87.5 Å². The molecule has 0 saturated carbocycles. The van der Waals surface area contributed by atoms with Crippen molar-refractivity contribution in [1.29, 1.82) is 0 Å². The van der Waals surface area contributed by atoms with Crippen molar-refractivity contribution >= 4 is 0 Å². The predicted octanol–water partition coefficient (Wildman–Crippen LogP) is 3.40. The molecule has 0 spiro atoms. The van der Waals surface area contributed by atoms with Crippen LogP contribution in [0.15, 0.2) is 57.9 Å². The minimum Gasteiger partial charge on any atom is -0.449 e. The zero-order chi connectivity index (χ0) is 21.4. The molecule has 3 aromatic rings. The number of piperidine rings is 1. The molecule has 0 amide bonds. The second-order valence-corrected chi connectivity index (χ2v) is 9.21. The van der Waals surface area contributed by atoms with Gasteiger partial charge in [-0.3, -0.25) is 14.6 Å². The summed E-state index contributed by atoms with van der Waals surface area (Å²) in [6.07, 6.45) is 2.93. The van der Waals surface area contributed by atoms with Crippen molar-refractivity contribution in [1.82, 2.24) is 19.4 Å². The normalized spacial score (nSPS) is 20.7. The van der Waals surface area contributed by atoms with Crippen LogP contribution in [-0.4, -0.2) is 39.5 Å². The Hall–Kier alpha value is -2.70. The van der Waals surface area contributed by atoms with E-state index in [0.29, 0.717) is 24.3 Å². The summed E-state index contributed by atoms with van der Waals surface area (Å²) < 4.78 is 7.42. The van der Waals surface area contributed by atoms with Gasteiger partial charge in [-0.05, 0) is 31.0 Å². The van der Waals surface area contributed by atoms with Gasteiger partial charge in [-0.1, -0.05) is 36.4 Å². The molecule has 4 heterocycles. The van der Waals surface area contributed by atoms with Gasteiger partial charge < -0.3 is 8.98 Å². The number of aryl methyl sites for hydroxylation is 1. The minimum absolute atomic E-state index is 0.188. The van der Waals surface area contributed by atoms with Gasteiger partial charge in [-0.15, -0.1) is 0 Å². The van der Waals surface area contributed by atoms with E-state index in [0.717, 1.165) is 44.0 Å². The molecule has 1 saturated heterocycles. The Kier molecular flexibility index (Phi) is 5.50. The van der Waals surface area contributed by atoms with Gasteiger partial charge in [0.1, 0.15) is 6.26 Å². The van der Waals surface area contributed by atoms with Crippen molar-refractivity contribution < 1.29 is 4.42 Å². The Bertz CT molecular complexity index is 1100. The first-order chi connectivity index (χ1) is 15.0. The van der Waals surface area contributed by atoms with Crippen LogP contribution in [0.5, 0.6) is 0 Å². The summed E-state index contributed by atoms with van der Waals surface area (Å²) in [6, 6.07) is 14.6. The molecule has 31 heavy (non-hydrogen) atoms. The van der Waals surface area contributed by atoms with Crippen molar-refractivity contribution in [3.8, 4) is 0 Å². The summed E-state index contributed by atoms with van der Waals surface area (Å²) >= 11 is 0. The van der Waals surface area contributed by atoms with E-state index in [1.165, 1.54) is 17.7 Å². The Morgan fingerprint density at radius 3 is 2.71 bits per heavy atom. The van der Waals surface area contributed by atoms with Gasteiger partial charge in [0.25, 0.3) is 5.56 Å². The maximum atomic E-state index is 13.3. The fourth-order valence-electron chi connectivity index (χ4n) is 5.29. The summed E-state index contributed by atoms with van der Waals surface area (Å²) in [6.45, 7) is 6.99. The smallest absolute Gasteiger partial charge is 0.255 e. The first kappa shape index (κ1) is 20.2. The number of pyridine rings is 1. The average Bonchev–Trinajstić information content (AvgIpc) is 3.15. The third kappa shape index (κ3) is 4.36. The van der Waals surface area contributed by atoms with Gasteiger partial charge >= 0.3 is 0 Å². The predicted molar refractivity (Wildman–Crippen MR) is 120 cm³/mol. The number of oxazole rings is 1. The van der Waals surface area contributed by atoms with Crippen molar-refractivity contribution in [2.75, 3.05) is 20.1 Å². The minimum atomic E-state index is 0.188. The average molecular weight is 419 g/mol. The Labute approximate surface area is 183 Å². The van der Waals surface area contributed by atoms with E-state index in [1.54, 1.807) is 6.26 Å². The van der Waals surface area contributed by atoms with Crippen LogP contribution in [0.1, 0.15) is 40.7 Å². The molecule has 0 radical (unpaired) electrons. The number of rotatable bonds is 6. The largest absolute Gasteiger partial charge is 0.449 e. The highest BCUT2D eigenvalue weighted by Gasteiger charge is 2.35. The van der Waals surface area contributed by atoms with E-state index in [1.807, 2.05) is 13.0 Å². The number of likely N-dealkylation sites (tertiary alicyclic amines) is 1. The summed E-state index contributed by atoms with van der Waals surface area (Å²) in [7, 11) is 2.08. The second kappa shape index (κ2) is 8.44. The molecule has 2 atom stereocenters. The number of aromatic nitrogens is 2. The standard InChI is InChI=1S/C25H30N4O2/c1-18-26-23(17-31-18)16-28-12-20-10-22(15-28)24-9-8-21(25(30)29(24)13-20)14-27(2)11-19-6-4-3-5-7-19/h3-9,17,20,22H,10-16H2,1-2H3/t20-,22+/m0/s1. The van der Waals surface area contributed by atoms with E-state index in [-0.39, 0.29) is 5.56 Å². The lowest BCUT2D eigenvalue weighted by Crippen LogP contribution is -2.47. The maximum absolute atomic E-state index is 13.3. The van der Waals surface area contributed by atoms with Crippen LogP contribution in [0.25, 0.3) is 0 Å². The molecule has 5 rings (SSSR count). The SMILES string of the molecule is Cc1nc(CN2C[C@@H]3C[C@H](C2)c2ccc(CN(C)Cc4ccccc4)c(=O)n2C3)co1. The lowest BCUT2D eigenvalue weighted by Gasteiger charge is -2.42. The van der Waals surface area contributed by atoms with Gasteiger partial charge in [0, 0.05) is 63.4 Å². The van der Waals surface area contributed by atoms with Crippen molar-refractivity contribution in [2.45, 2.75) is 45.4 Å². The molecule has 2 aliphatic rings. The molecule has 1 aromatic carbocycles. The third-order valence-corrected chi connectivity index (χ3v) is 6.55. The Morgan fingerprint density at radius 2 is 1.94 bits per heavy atom. The molecule has 162 valence electrons. The van der Waals surface area contributed by atoms with Crippen molar-refractivity contribution in [2.24, 2.45) is 5.92 Å². The summed E-state index contributed by atoms with van der Waals surface area (Å²) in [5.74, 6) is 1.63. The molecule has 6 heteroatoms. The maximum Gasteiger partial charge on any atom is 0.255 e. The molecule has 1 fully saturated rings. The molecule has 0 N–H and O–H groups in total. The molecular weight excluding hydrogens is 388 g/mol. The van der Waals surface area contributed by atoms with Gasteiger partial charge in [0.15, 0.2) is 5.89 Å². The second-order valence-electron chi connectivity index (χ2n) is 9.21. The van der Waals surface area contributed by atoms with Crippen LogP contribution in [0.2, 0.25) is 0 Å². The van der Waals surface area contributed by atoms with Crippen LogP contribution in [0.3, 0.4) is 0 Å². The zero-order valence-corrected chi connectivity index (χ0v) is 18.3. The zero-order valence-electron chi connectivity index (χ0n) is 18.3. The lowest BCUT2D eigenvalue weighted by molar-refractivity contribution is 0.113. The van der Waals surface area contributed by atoms with Crippen LogP contribution in [0.4, 0.5) is 0 Å². The van der Waals surface area contributed by atoms with Gasteiger partial charge in [0.2, 0.25) is 0 Å². The van der Waals surface area contributed by atoms with E-state index in [2.05, 4.69) is 62.8 Å². The summed E-state index contributed by atoms with van der Waals surface area (Å²) in [4.78, 5) is 22.4. The fraction of sp³-hybridized carbons (Fsp3) is 0.440. The quantitative estimate of drug-likeness (QED) is 0.614. The topological polar surface area (TPSA) is 54.5 Å². The number of hydrogen-bond donors (Lipinski definition) is 0. The van der Waals surface area contributed by atoms with Crippen LogP contribution >= 0.6 is 0 Å². The summed E-state index contributed by atoms with van der Waals surface area (Å²) in [5.41, 5.74) is 4.52. The van der Waals surface area contributed by atoms with Gasteiger partial charge in [0.05, 0.1) is 5.69 Å². The molecule has 2 aromatic heterocycles. The Morgan fingerprint density at radius 1 is 1.10 bits per heavy atom. The van der Waals surface area contributed by atoms with Crippen LogP contribution < -0.4 is 5.56 Å². The van der Waals surface area contributed by atoms with Gasteiger partial charge in [-0.25, -0.2) is 4.98 Å². The van der Waals surface area contributed by atoms with E-state index < -0.39 is 0 Å². The first-order valence-corrected chi connectivity index (χ1v) is 11.1. The number of fused-ring (bicyclic) bond motifs is 4. The van der Waals surface area contributed by atoms with E-state index >= 15 is 0 Å². The molecular formula is C25H30N4O2. The first-order valence-electron chi connectivity index (χ1n) is 11.1. The lowest BCUT2D eigenvalue weighted by atomic mass is 9.83. The fourth-order valence-corrected chi connectivity index (χ4v) is 5.29.